The molecule has 0 unspecified atom stereocenters. The highest BCUT2D eigenvalue weighted by Crippen LogP contribution is 2.12. The van der Waals surface area contributed by atoms with Crippen molar-refractivity contribution >= 4 is 5.71 Å². The van der Waals surface area contributed by atoms with Gasteiger partial charge in [-0.25, -0.2) is 4.39 Å². The molecule has 3 heteroatoms. The first-order valence-corrected chi connectivity index (χ1v) is 6.64. The Labute approximate surface area is 105 Å². The molecule has 0 aromatic rings. The molecule has 0 rings (SSSR count). The number of nitrogens with two attached hydrogens (primary N) is 1. The number of nitrogens with zero attached hydrogens (tertiary/aromatic N) is 1. The number of allylic oxidation sites excluding steroid dienone is 2. The molecule has 0 aliphatic rings. The van der Waals surface area contributed by atoms with E-state index in [0.29, 0.717) is 6.04 Å². The lowest BCUT2D eigenvalue weighted by Crippen LogP contribution is -2.14. The first-order valence-electron chi connectivity index (χ1n) is 6.64. The maximum atomic E-state index is 12.4. The summed E-state index contributed by atoms with van der Waals surface area (Å²) in [4.78, 5) is 4.74. The minimum absolute atomic E-state index is 0.268. The van der Waals surface area contributed by atoms with Crippen molar-refractivity contribution in [1.82, 2.24) is 0 Å². The van der Waals surface area contributed by atoms with E-state index < -0.39 is 6.67 Å². The van der Waals surface area contributed by atoms with Crippen LogP contribution in [0.15, 0.2) is 16.8 Å². The van der Waals surface area contributed by atoms with Crippen LogP contribution >= 0.6 is 0 Å². The topological polar surface area (TPSA) is 38.4 Å². The van der Waals surface area contributed by atoms with E-state index in [2.05, 4.69) is 27.7 Å². The van der Waals surface area contributed by atoms with Gasteiger partial charge in [0.1, 0.15) is 6.67 Å². The van der Waals surface area contributed by atoms with Gasteiger partial charge in [-0.05, 0) is 24.8 Å². The molecule has 0 heterocycles. The standard InChI is InChI=1S/C14H27FN2/c1-5-7-13(8-6-2)17-14(11(3)4)9-12(16)10-15/h9,11,13H,5-8,10,16H2,1-4H3. The first kappa shape index (κ1) is 16.1. The molecular weight excluding hydrogens is 215 g/mol. The largest absolute Gasteiger partial charge is 0.400 e. The number of halogens is 1. The van der Waals surface area contributed by atoms with Crippen LogP contribution in [0.5, 0.6) is 0 Å². The van der Waals surface area contributed by atoms with Crippen LogP contribution in [-0.4, -0.2) is 18.4 Å². The van der Waals surface area contributed by atoms with Crippen molar-refractivity contribution in [1.29, 1.82) is 0 Å². The molecule has 0 aromatic carbocycles. The Bertz CT molecular complexity index is 251. The van der Waals surface area contributed by atoms with E-state index in [1.54, 1.807) is 6.08 Å². The maximum Gasteiger partial charge on any atom is 0.129 e. The average molecular weight is 242 g/mol. The molecule has 2 N–H and O–H groups in total. The second kappa shape index (κ2) is 9.20. The SMILES string of the molecule is CCCC(CCC)N=C(C=C(N)CF)C(C)C. The van der Waals surface area contributed by atoms with Crippen molar-refractivity contribution in [2.75, 3.05) is 6.67 Å². The zero-order valence-electron chi connectivity index (χ0n) is 11.7. The Hall–Kier alpha value is -0.860. The number of alkyl halides is 1. The predicted octanol–water partition coefficient (Wildman–Crippen LogP) is 3.86. The van der Waals surface area contributed by atoms with Crippen molar-refractivity contribution in [3.05, 3.63) is 11.8 Å². The van der Waals surface area contributed by atoms with Gasteiger partial charge in [0.15, 0.2) is 0 Å². The van der Waals surface area contributed by atoms with Crippen molar-refractivity contribution in [2.45, 2.75) is 59.4 Å². The molecule has 17 heavy (non-hydrogen) atoms. The maximum absolute atomic E-state index is 12.4. The van der Waals surface area contributed by atoms with E-state index in [-0.39, 0.29) is 11.6 Å². The lowest BCUT2D eigenvalue weighted by atomic mass is 10.0. The van der Waals surface area contributed by atoms with Gasteiger partial charge in [-0.1, -0.05) is 40.5 Å². The van der Waals surface area contributed by atoms with Gasteiger partial charge < -0.3 is 5.73 Å². The summed E-state index contributed by atoms with van der Waals surface area (Å²) in [7, 11) is 0. The molecule has 0 spiro atoms. The number of hydrogen-bond acceptors (Lipinski definition) is 2. The predicted molar refractivity (Wildman–Crippen MR) is 74.1 cm³/mol. The molecule has 0 aromatic heterocycles. The summed E-state index contributed by atoms with van der Waals surface area (Å²) >= 11 is 0. The molecule has 0 bridgehead atoms. The smallest absolute Gasteiger partial charge is 0.129 e. The van der Waals surface area contributed by atoms with Gasteiger partial charge in [-0.15, -0.1) is 0 Å². The molecule has 0 radical (unpaired) electrons. The Kier molecular flexibility index (Phi) is 8.73. The Morgan fingerprint density at radius 1 is 1.24 bits per heavy atom. The summed E-state index contributed by atoms with van der Waals surface area (Å²) in [6.07, 6.45) is 6.13. The van der Waals surface area contributed by atoms with Crippen LogP contribution in [0.2, 0.25) is 0 Å². The summed E-state index contributed by atoms with van der Waals surface area (Å²) in [5, 5.41) is 0. The number of rotatable bonds is 8. The molecule has 0 aliphatic carbocycles. The highest BCUT2D eigenvalue weighted by Gasteiger charge is 2.09. The van der Waals surface area contributed by atoms with Gasteiger partial charge in [0.25, 0.3) is 0 Å². The van der Waals surface area contributed by atoms with E-state index in [4.69, 9.17) is 10.7 Å². The normalized spacial score (nSPS) is 13.8. The first-order chi connectivity index (χ1) is 8.04. The second-order valence-electron chi connectivity index (χ2n) is 4.79. The van der Waals surface area contributed by atoms with Crippen molar-refractivity contribution in [3.8, 4) is 0 Å². The Morgan fingerprint density at radius 3 is 2.12 bits per heavy atom. The van der Waals surface area contributed by atoms with Crippen molar-refractivity contribution in [2.24, 2.45) is 16.6 Å². The molecule has 100 valence electrons. The van der Waals surface area contributed by atoms with E-state index in [1.807, 2.05) is 0 Å². The van der Waals surface area contributed by atoms with Crippen LogP contribution in [0, 0.1) is 5.92 Å². The van der Waals surface area contributed by atoms with Crippen LogP contribution in [0.4, 0.5) is 4.39 Å². The van der Waals surface area contributed by atoms with Crippen LogP contribution in [0.1, 0.15) is 53.4 Å². The Morgan fingerprint density at radius 2 is 1.76 bits per heavy atom. The summed E-state index contributed by atoms with van der Waals surface area (Å²) in [6, 6.07) is 0.353. The van der Waals surface area contributed by atoms with Gasteiger partial charge >= 0.3 is 0 Å². The van der Waals surface area contributed by atoms with Gasteiger partial charge in [-0.2, -0.15) is 0 Å². The fraction of sp³-hybridized carbons (Fsp3) is 0.786. The minimum Gasteiger partial charge on any atom is -0.400 e. The van der Waals surface area contributed by atoms with Crippen LogP contribution < -0.4 is 5.73 Å². The third-order valence-corrected chi connectivity index (χ3v) is 2.65. The zero-order chi connectivity index (χ0) is 13.3. The molecule has 0 fully saturated rings. The highest BCUT2D eigenvalue weighted by atomic mass is 19.1. The van der Waals surface area contributed by atoms with Gasteiger partial charge in [-0.3, -0.25) is 4.99 Å². The summed E-state index contributed by atoms with van der Waals surface area (Å²) < 4.78 is 12.4. The van der Waals surface area contributed by atoms with Gasteiger partial charge in [0, 0.05) is 11.4 Å². The van der Waals surface area contributed by atoms with Crippen molar-refractivity contribution < 1.29 is 4.39 Å². The molecule has 2 nitrogen and oxygen atoms in total. The van der Waals surface area contributed by atoms with E-state index in [0.717, 1.165) is 31.4 Å². The second-order valence-corrected chi connectivity index (χ2v) is 4.79. The fourth-order valence-electron chi connectivity index (χ4n) is 1.73. The number of hydrogen-bond donors (Lipinski definition) is 1. The Balaban J connectivity index is 4.86. The van der Waals surface area contributed by atoms with Crippen LogP contribution in [0.3, 0.4) is 0 Å². The third-order valence-electron chi connectivity index (χ3n) is 2.65. The minimum atomic E-state index is -0.599. The third kappa shape index (κ3) is 7.14. The quantitative estimate of drug-likeness (QED) is 0.645. The highest BCUT2D eigenvalue weighted by molar-refractivity contribution is 5.97. The summed E-state index contributed by atoms with van der Waals surface area (Å²) in [5.74, 6) is 0.288. The molecule has 0 atom stereocenters. The summed E-state index contributed by atoms with van der Waals surface area (Å²) in [5.41, 5.74) is 6.73. The van der Waals surface area contributed by atoms with E-state index in [9.17, 15) is 4.39 Å². The van der Waals surface area contributed by atoms with Crippen molar-refractivity contribution in [3.63, 3.8) is 0 Å². The molecule has 0 amide bonds. The number of aliphatic imine (C=N–C) groups is 1. The van der Waals surface area contributed by atoms with Gasteiger partial charge in [0.2, 0.25) is 0 Å². The monoisotopic (exact) mass is 242 g/mol. The zero-order valence-corrected chi connectivity index (χ0v) is 11.7. The van der Waals surface area contributed by atoms with E-state index >= 15 is 0 Å². The van der Waals surface area contributed by atoms with Crippen LogP contribution in [-0.2, 0) is 0 Å². The lowest BCUT2D eigenvalue weighted by molar-refractivity contribution is 0.539. The molecule has 0 aliphatic heterocycles. The van der Waals surface area contributed by atoms with Gasteiger partial charge in [0.05, 0.1) is 6.04 Å². The fourth-order valence-corrected chi connectivity index (χ4v) is 1.73. The lowest BCUT2D eigenvalue weighted by Gasteiger charge is -2.14. The summed E-state index contributed by atoms with van der Waals surface area (Å²) in [6.45, 7) is 7.86. The molecular formula is C14H27FN2. The van der Waals surface area contributed by atoms with E-state index in [1.165, 1.54) is 0 Å². The molecule has 0 saturated carbocycles. The average Bonchev–Trinajstić information content (AvgIpc) is 2.28. The van der Waals surface area contributed by atoms with Crippen LogP contribution in [0.25, 0.3) is 0 Å². The molecule has 0 saturated heterocycles.